The number of nitrogens with zero attached hydrogens (tertiary/aromatic N) is 1. The maximum absolute atomic E-state index is 11.4. The van der Waals surface area contributed by atoms with Gasteiger partial charge in [0.1, 0.15) is 11.5 Å². The molecule has 0 saturated carbocycles. The van der Waals surface area contributed by atoms with E-state index in [2.05, 4.69) is 12.1 Å². The van der Waals surface area contributed by atoms with Gasteiger partial charge < -0.3 is 19.1 Å². The van der Waals surface area contributed by atoms with Gasteiger partial charge in [0.15, 0.2) is 5.58 Å². The van der Waals surface area contributed by atoms with Crippen LogP contribution < -0.4 is 9.47 Å². The monoisotopic (exact) mass is 507 g/mol. The van der Waals surface area contributed by atoms with Gasteiger partial charge in [-0.15, -0.1) is 0 Å². The van der Waals surface area contributed by atoms with Gasteiger partial charge in [0.05, 0.1) is 34.9 Å². The summed E-state index contributed by atoms with van der Waals surface area (Å²) < 4.78 is 17.7. The molecule has 0 fully saturated rings. The van der Waals surface area contributed by atoms with Crippen molar-refractivity contribution in [1.29, 1.82) is 0 Å². The zero-order valence-electron chi connectivity index (χ0n) is 20.7. The number of hydrogen-bond donors (Lipinski definition) is 1. The lowest BCUT2D eigenvalue weighted by Crippen LogP contribution is -2.26. The van der Waals surface area contributed by atoms with Crippen molar-refractivity contribution in [1.82, 2.24) is 5.16 Å². The summed E-state index contributed by atoms with van der Waals surface area (Å²) in [6.07, 6.45) is 1.82. The first kappa shape index (κ1) is 25.6. The molecule has 36 heavy (non-hydrogen) atoms. The lowest BCUT2D eigenvalue weighted by atomic mass is 9.86. The Morgan fingerprint density at radius 2 is 1.72 bits per heavy atom. The second-order valence-corrected chi connectivity index (χ2v) is 9.75. The molecule has 3 aromatic carbocycles. The molecule has 0 amide bonds. The third kappa shape index (κ3) is 5.65. The van der Waals surface area contributed by atoms with E-state index in [1.54, 1.807) is 26.0 Å². The molecule has 6 nitrogen and oxygen atoms in total. The van der Waals surface area contributed by atoms with Crippen LogP contribution in [0.1, 0.15) is 38.4 Å². The number of carboxylic acid groups (broad SMARTS) is 1. The molecular weight excluding hydrogens is 478 g/mol. The van der Waals surface area contributed by atoms with Crippen LogP contribution in [0.3, 0.4) is 0 Å². The van der Waals surface area contributed by atoms with Crippen LogP contribution in [0, 0.1) is 5.41 Å². The van der Waals surface area contributed by atoms with Crippen molar-refractivity contribution in [3.8, 4) is 22.6 Å². The molecule has 0 atom stereocenters. The standard InChI is InChI=1S/C29H30ClNO5/c1-4-23-21-12-14-25(26(27(21)36-31-23)20-9-6-5-7-10-20)35-16-8-15-34-24-13-11-19(17-22(24)30)18-29(2,3)28(32)33/h5-7,9-14,17H,4,8,15-16,18H2,1-3H3,(H,32,33). The number of rotatable bonds is 11. The Morgan fingerprint density at radius 3 is 2.39 bits per heavy atom. The summed E-state index contributed by atoms with van der Waals surface area (Å²) in [4.78, 5) is 11.4. The molecule has 0 aliphatic heterocycles. The van der Waals surface area contributed by atoms with E-state index in [0.29, 0.717) is 36.8 Å². The Morgan fingerprint density at radius 1 is 1.03 bits per heavy atom. The third-order valence-corrected chi connectivity index (χ3v) is 6.40. The van der Waals surface area contributed by atoms with E-state index in [0.717, 1.165) is 45.5 Å². The molecule has 0 aliphatic rings. The van der Waals surface area contributed by atoms with Gasteiger partial charge in [0.2, 0.25) is 0 Å². The van der Waals surface area contributed by atoms with Gasteiger partial charge in [0.25, 0.3) is 0 Å². The van der Waals surface area contributed by atoms with Crippen LogP contribution in [0.25, 0.3) is 22.1 Å². The minimum atomic E-state index is -0.867. The van der Waals surface area contributed by atoms with E-state index in [-0.39, 0.29) is 0 Å². The quantitative estimate of drug-likeness (QED) is 0.216. The van der Waals surface area contributed by atoms with Crippen LogP contribution in [0.15, 0.2) is 65.2 Å². The molecule has 4 rings (SSSR count). The Hall–Kier alpha value is -3.51. The predicted molar refractivity (Wildman–Crippen MR) is 141 cm³/mol. The maximum atomic E-state index is 11.4. The maximum Gasteiger partial charge on any atom is 0.309 e. The summed E-state index contributed by atoms with van der Waals surface area (Å²) in [7, 11) is 0. The van der Waals surface area contributed by atoms with E-state index in [1.165, 1.54) is 0 Å². The number of fused-ring (bicyclic) bond motifs is 1. The van der Waals surface area contributed by atoms with Gasteiger partial charge >= 0.3 is 5.97 Å². The Bertz CT molecular complexity index is 1350. The lowest BCUT2D eigenvalue weighted by molar-refractivity contribution is -0.146. The third-order valence-electron chi connectivity index (χ3n) is 6.10. The summed E-state index contributed by atoms with van der Waals surface area (Å²) in [5, 5.41) is 15.0. The fourth-order valence-corrected chi connectivity index (χ4v) is 4.33. The Labute approximate surface area is 215 Å². The smallest absolute Gasteiger partial charge is 0.309 e. The molecular formula is C29H30ClNO5. The highest BCUT2D eigenvalue weighted by Crippen LogP contribution is 2.38. The van der Waals surface area contributed by atoms with Gasteiger partial charge in [-0.25, -0.2) is 0 Å². The van der Waals surface area contributed by atoms with Crippen molar-refractivity contribution in [2.24, 2.45) is 5.41 Å². The second-order valence-electron chi connectivity index (χ2n) is 9.35. The molecule has 4 aromatic rings. The number of aliphatic carboxylic acids is 1. The number of aryl methyl sites for hydroxylation is 1. The highest BCUT2D eigenvalue weighted by molar-refractivity contribution is 6.32. The van der Waals surface area contributed by atoms with Crippen LogP contribution >= 0.6 is 11.6 Å². The highest BCUT2D eigenvalue weighted by Gasteiger charge is 2.27. The van der Waals surface area contributed by atoms with Crippen LogP contribution in [0.4, 0.5) is 0 Å². The first-order chi connectivity index (χ1) is 17.3. The molecule has 1 aromatic heterocycles. The van der Waals surface area contributed by atoms with Crippen LogP contribution in [0.5, 0.6) is 11.5 Å². The molecule has 0 bridgehead atoms. The summed E-state index contributed by atoms with van der Waals surface area (Å²) in [6.45, 7) is 6.31. The van der Waals surface area contributed by atoms with Crippen molar-refractivity contribution in [3.63, 3.8) is 0 Å². The van der Waals surface area contributed by atoms with Crippen molar-refractivity contribution in [2.75, 3.05) is 13.2 Å². The van der Waals surface area contributed by atoms with E-state index in [1.807, 2.05) is 48.5 Å². The van der Waals surface area contributed by atoms with Gasteiger partial charge in [-0.05, 0) is 62.1 Å². The topological polar surface area (TPSA) is 81.8 Å². The van der Waals surface area contributed by atoms with Gasteiger partial charge in [-0.3, -0.25) is 4.79 Å². The minimum absolute atomic E-state index is 0.384. The molecule has 188 valence electrons. The largest absolute Gasteiger partial charge is 0.493 e. The highest BCUT2D eigenvalue weighted by atomic mass is 35.5. The van der Waals surface area contributed by atoms with E-state index < -0.39 is 11.4 Å². The number of carbonyl (C=O) groups is 1. The van der Waals surface area contributed by atoms with E-state index in [9.17, 15) is 9.90 Å². The Balaban J connectivity index is 1.39. The van der Waals surface area contributed by atoms with Crippen molar-refractivity contribution in [3.05, 3.63) is 76.9 Å². The fourth-order valence-electron chi connectivity index (χ4n) is 4.07. The summed E-state index contributed by atoms with van der Waals surface area (Å²) in [5.74, 6) is 0.451. The summed E-state index contributed by atoms with van der Waals surface area (Å²) in [5.41, 5.74) is 3.54. The van der Waals surface area contributed by atoms with E-state index in [4.69, 9.17) is 25.6 Å². The number of aromatic nitrogens is 1. The number of halogens is 1. The molecule has 0 unspecified atom stereocenters. The average molecular weight is 508 g/mol. The average Bonchev–Trinajstić information content (AvgIpc) is 3.28. The van der Waals surface area contributed by atoms with Crippen molar-refractivity contribution in [2.45, 2.75) is 40.0 Å². The molecule has 1 heterocycles. The van der Waals surface area contributed by atoms with Crippen LogP contribution in [-0.2, 0) is 17.6 Å². The summed E-state index contributed by atoms with van der Waals surface area (Å²) >= 11 is 6.38. The number of ether oxygens (including phenoxy) is 2. The summed E-state index contributed by atoms with van der Waals surface area (Å²) in [6, 6.07) is 19.4. The molecule has 7 heteroatoms. The fraction of sp³-hybridized carbons (Fsp3) is 0.310. The van der Waals surface area contributed by atoms with Crippen molar-refractivity contribution < 1.29 is 23.9 Å². The first-order valence-electron chi connectivity index (χ1n) is 12.0. The zero-order valence-corrected chi connectivity index (χ0v) is 21.5. The van der Waals surface area contributed by atoms with Crippen LogP contribution in [-0.4, -0.2) is 29.4 Å². The molecule has 0 radical (unpaired) electrons. The Kier molecular flexibility index (Phi) is 7.85. The molecule has 0 saturated heterocycles. The van der Waals surface area contributed by atoms with Crippen molar-refractivity contribution >= 4 is 28.5 Å². The molecule has 1 N–H and O–H groups in total. The first-order valence-corrected chi connectivity index (χ1v) is 12.4. The number of hydrogen-bond acceptors (Lipinski definition) is 5. The SMILES string of the molecule is CCc1noc2c(-c3ccccc3)c(OCCCOc3ccc(CC(C)(C)C(=O)O)cc3Cl)ccc12. The van der Waals surface area contributed by atoms with E-state index >= 15 is 0 Å². The number of benzene rings is 3. The second kappa shape index (κ2) is 11.0. The molecule has 0 aliphatic carbocycles. The minimum Gasteiger partial charge on any atom is -0.493 e. The zero-order chi connectivity index (χ0) is 25.7. The number of carboxylic acids is 1. The van der Waals surface area contributed by atoms with Gasteiger partial charge in [-0.2, -0.15) is 0 Å². The van der Waals surface area contributed by atoms with Gasteiger partial charge in [-0.1, -0.05) is 60.1 Å². The van der Waals surface area contributed by atoms with Gasteiger partial charge in [0, 0.05) is 11.8 Å². The normalized spacial score (nSPS) is 11.6. The lowest BCUT2D eigenvalue weighted by Gasteiger charge is -2.19. The van der Waals surface area contributed by atoms with Crippen LogP contribution in [0.2, 0.25) is 5.02 Å². The molecule has 0 spiro atoms. The predicted octanol–water partition coefficient (Wildman–Crippen LogP) is 7.21.